The molecule has 226 valence electrons. The molecule has 1 amide bonds. The monoisotopic (exact) mass is 587 g/mol. The van der Waals surface area contributed by atoms with Gasteiger partial charge in [0, 0.05) is 31.1 Å². The van der Waals surface area contributed by atoms with Crippen LogP contribution in [0.2, 0.25) is 0 Å². The van der Waals surface area contributed by atoms with Crippen LogP contribution in [-0.4, -0.2) is 46.9 Å². The van der Waals surface area contributed by atoms with Gasteiger partial charge in [-0.3, -0.25) is 4.90 Å². The molecule has 3 unspecified atom stereocenters. The summed E-state index contributed by atoms with van der Waals surface area (Å²) in [6.45, 7) is 7.31. The van der Waals surface area contributed by atoms with E-state index < -0.39 is 17.2 Å². The van der Waals surface area contributed by atoms with Gasteiger partial charge in [-0.2, -0.15) is 5.26 Å². The average Bonchev–Trinajstić information content (AvgIpc) is 3.48. The van der Waals surface area contributed by atoms with E-state index >= 15 is 4.39 Å². The fourth-order valence-corrected chi connectivity index (χ4v) is 6.55. The van der Waals surface area contributed by atoms with Crippen LogP contribution in [0.1, 0.15) is 63.1 Å². The van der Waals surface area contributed by atoms with E-state index in [0.717, 1.165) is 37.8 Å². The zero-order chi connectivity index (χ0) is 30.7. The van der Waals surface area contributed by atoms with Crippen LogP contribution in [0.25, 0.3) is 22.3 Å². The highest BCUT2D eigenvalue weighted by Gasteiger charge is 2.47. The minimum atomic E-state index is -0.973. The summed E-state index contributed by atoms with van der Waals surface area (Å²) in [7, 11) is 0. The Bertz CT molecular complexity index is 1530. The van der Waals surface area contributed by atoms with E-state index in [2.05, 4.69) is 17.1 Å². The highest BCUT2D eigenvalue weighted by molar-refractivity contribution is 5.84. The molecule has 1 aliphatic heterocycles. The summed E-state index contributed by atoms with van der Waals surface area (Å²) >= 11 is 0. The summed E-state index contributed by atoms with van der Waals surface area (Å²) in [6, 6.07) is 17.3. The molecule has 0 spiro atoms. The quantitative estimate of drug-likeness (QED) is 0.250. The molecule has 2 aliphatic rings. The Hall–Kier alpha value is -3.80. The first kappa shape index (κ1) is 30.7. The van der Waals surface area contributed by atoms with Crippen molar-refractivity contribution >= 4 is 6.09 Å². The Kier molecular flexibility index (Phi) is 9.14. The van der Waals surface area contributed by atoms with Gasteiger partial charge in [0.25, 0.3) is 0 Å². The number of nitrogens with one attached hydrogen (secondary N) is 1. The lowest BCUT2D eigenvalue weighted by atomic mass is 9.90. The molecule has 3 aromatic rings. The Balaban J connectivity index is 1.43. The van der Waals surface area contributed by atoms with Gasteiger partial charge in [0.15, 0.2) is 0 Å². The smallest absolute Gasteiger partial charge is 0.407 e. The van der Waals surface area contributed by atoms with Gasteiger partial charge >= 0.3 is 6.09 Å². The van der Waals surface area contributed by atoms with Crippen molar-refractivity contribution in [2.45, 2.75) is 77.1 Å². The van der Waals surface area contributed by atoms with Crippen LogP contribution in [0, 0.1) is 28.9 Å². The summed E-state index contributed by atoms with van der Waals surface area (Å²) in [5.41, 5.74) is 2.83. The van der Waals surface area contributed by atoms with Crippen molar-refractivity contribution in [3.63, 3.8) is 0 Å². The number of alkyl carbamates (subject to hydrolysis) is 1. The van der Waals surface area contributed by atoms with Crippen molar-refractivity contribution in [2.24, 2.45) is 5.92 Å². The number of nitrogens with zero attached hydrogens (tertiary/aromatic N) is 2. The number of carbonyl (C=O) groups excluding carboxylic acids is 1. The molecular weight excluding hydrogens is 548 g/mol. The van der Waals surface area contributed by atoms with Crippen molar-refractivity contribution in [1.29, 1.82) is 5.26 Å². The van der Waals surface area contributed by atoms with Crippen molar-refractivity contribution in [3.8, 4) is 28.3 Å². The molecule has 43 heavy (non-hydrogen) atoms. The highest BCUT2D eigenvalue weighted by atomic mass is 19.1. The first-order valence-corrected chi connectivity index (χ1v) is 15.1. The number of halogens is 2. The molecule has 2 fully saturated rings. The Morgan fingerprint density at radius 3 is 2.51 bits per heavy atom. The molecule has 8 heteroatoms. The fourth-order valence-electron chi connectivity index (χ4n) is 6.55. The number of likely N-dealkylation sites (tertiary alicyclic amines) is 1. The van der Waals surface area contributed by atoms with Crippen molar-refractivity contribution in [1.82, 2.24) is 10.2 Å². The van der Waals surface area contributed by atoms with Crippen LogP contribution in [0.4, 0.5) is 13.6 Å². The number of amides is 1. The SMILES string of the molecule is CCCCOC(=O)NC1C2CCC1N(Cc1ccc(-c3ccc(CC(C)(C)O)cc3F)c(-c3ccc(C#N)c(F)c3)c1)C2. The number of fused-ring (bicyclic) bond motifs is 2. The normalized spacial score (nSPS) is 19.8. The number of piperidine rings is 1. The molecule has 3 aromatic carbocycles. The lowest BCUT2D eigenvalue weighted by Crippen LogP contribution is -2.43. The second-order valence-electron chi connectivity index (χ2n) is 12.5. The van der Waals surface area contributed by atoms with Gasteiger partial charge < -0.3 is 15.2 Å². The van der Waals surface area contributed by atoms with Gasteiger partial charge in [0.1, 0.15) is 17.7 Å². The number of ether oxygens (including phenoxy) is 1. The lowest BCUT2D eigenvalue weighted by Gasteiger charge is -2.28. The van der Waals surface area contributed by atoms with Crippen LogP contribution in [0.3, 0.4) is 0 Å². The zero-order valence-electron chi connectivity index (χ0n) is 25.0. The summed E-state index contributed by atoms with van der Waals surface area (Å²) in [5, 5.41) is 22.5. The Morgan fingerprint density at radius 2 is 1.81 bits per heavy atom. The molecule has 2 N–H and O–H groups in total. The molecule has 0 aromatic heterocycles. The van der Waals surface area contributed by atoms with Crippen LogP contribution in [0.5, 0.6) is 0 Å². The molecule has 1 saturated carbocycles. The maximum atomic E-state index is 15.5. The molecular formula is C35H39F2N3O3. The van der Waals surface area contributed by atoms with E-state index in [0.29, 0.717) is 53.3 Å². The van der Waals surface area contributed by atoms with Gasteiger partial charge in [-0.05, 0) is 91.1 Å². The molecule has 2 bridgehead atoms. The minimum absolute atomic E-state index is 0.0389. The van der Waals surface area contributed by atoms with E-state index in [-0.39, 0.29) is 23.7 Å². The van der Waals surface area contributed by atoms with E-state index in [9.17, 15) is 19.6 Å². The number of hydrogen-bond acceptors (Lipinski definition) is 5. The first-order chi connectivity index (χ1) is 20.6. The number of unbranched alkanes of at least 4 members (excludes halogenated alkanes) is 1. The number of rotatable bonds is 10. The maximum Gasteiger partial charge on any atom is 0.407 e. The van der Waals surface area contributed by atoms with Crippen LogP contribution in [-0.2, 0) is 17.7 Å². The van der Waals surface area contributed by atoms with Gasteiger partial charge in [0.2, 0.25) is 0 Å². The van der Waals surface area contributed by atoms with E-state index in [1.165, 1.54) is 18.2 Å². The molecule has 1 heterocycles. The summed E-state index contributed by atoms with van der Waals surface area (Å²) < 4.78 is 35.6. The summed E-state index contributed by atoms with van der Waals surface area (Å²) in [4.78, 5) is 14.7. The van der Waals surface area contributed by atoms with E-state index in [1.54, 1.807) is 32.0 Å². The fraction of sp³-hybridized carbons (Fsp3) is 0.429. The third-order valence-electron chi connectivity index (χ3n) is 8.54. The third kappa shape index (κ3) is 7.06. The number of nitriles is 1. The van der Waals surface area contributed by atoms with E-state index in [4.69, 9.17) is 4.74 Å². The Morgan fingerprint density at radius 1 is 1.05 bits per heavy atom. The molecule has 3 atom stereocenters. The molecule has 0 radical (unpaired) electrons. The van der Waals surface area contributed by atoms with Crippen molar-refractivity contribution < 1.29 is 23.4 Å². The molecule has 1 saturated heterocycles. The maximum absolute atomic E-state index is 15.5. The Labute approximate surface area is 252 Å². The van der Waals surface area contributed by atoms with Crippen LogP contribution < -0.4 is 5.32 Å². The topological polar surface area (TPSA) is 85.6 Å². The number of aliphatic hydroxyl groups is 1. The highest BCUT2D eigenvalue weighted by Crippen LogP contribution is 2.40. The molecule has 6 nitrogen and oxygen atoms in total. The summed E-state index contributed by atoms with van der Waals surface area (Å²) in [6.07, 6.45) is 3.79. The van der Waals surface area contributed by atoms with Crippen molar-refractivity contribution in [3.05, 3.63) is 82.9 Å². The number of hydrogen-bond donors (Lipinski definition) is 2. The van der Waals surface area contributed by atoms with Gasteiger partial charge in [0.05, 0.1) is 23.8 Å². The van der Waals surface area contributed by atoms with Crippen LogP contribution in [0.15, 0.2) is 54.6 Å². The second-order valence-corrected chi connectivity index (χ2v) is 12.5. The second kappa shape index (κ2) is 12.8. The lowest BCUT2D eigenvalue weighted by molar-refractivity contribution is 0.0809. The third-order valence-corrected chi connectivity index (χ3v) is 8.54. The van der Waals surface area contributed by atoms with Crippen LogP contribution >= 0.6 is 0 Å². The number of benzene rings is 3. The first-order valence-electron chi connectivity index (χ1n) is 15.1. The minimum Gasteiger partial charge on any atom is -0.450 e. The molecule has 1 aliphatic carbocycles. The standard InChI is InChI=1S/C35H39F2N3O3/c1-4-5-14-43-34(41)39-33-26-10-13-32(33)40(21-26)20-23-7-11-27(28-12-6-22(16-31(28)37)18-35(2,3)42)29(15-23)24-8-9-25(19-38)30(36)17-24/h6-9,11-12,15-17,26,32-33,42H,4-5,10,13-14,18,20-21H2,1-3H3,(H,39,41). The summed E-state index contributed by atoms with van der Waals surface area (Å²) in [5.74, 6) is -0.706. The van der Waals surface area contributed by atoms with Crippen molar-refractivity contribution in [2.75, 3.05) is 13.2 Å². The largest absolute Gasteiger partial charge is 0.450 e. The van der Waals surface area contributed by atoms with E-state index in [1.807, 2.05) is 24.3 Å². The number of carbonyl (C=O) groups is 1. The average molecular weight is 588 g/mol. The van der Waals surface area contributed by atoms with Gasteiger partial charge in [-0.1, -0.05) is 43.7 Å². The predicted molar refractivity (Wildman–Crippen MR) is 162 cm³/mol. The predicted octanol–water partition coefficient (Wildman–Crippen LogP) is 6.97. The molecule has 5 rings (SSSR count). The van der Waals surface area contributed by atoms with Gasteiger partial charge in [-0.15, -0.1) is 0 Å². The zero-order valence-corrected chi connectivity index (χ0v) is 25.0. The van der Waals surface area contributed by atoms with Gasteiger partial charge in [-0.25, -0.2) is 13.6 Å².